The summed E-state index contributed by atoms with van der Waals surface area (Å²) in [6.07, 6.45) is -0.533. The SMILES string of the molecule is CC(C)C(O)CNC(=O)c1cc2c(ccc3ccccc32)[nH]1. The highest BCUT2D eigenvalue weighted by Gasteiger charge is 2.14. The van der Waals surface area contributed by atoms with Gasteiger partial charge in [-0.25, -0.2) is 0 Å². The van der Waals surface area contributed by atoms with Crippen LogP contribution in [0.3, 0.4) is 0 Å². The zero-order valence-electron chi connectivity index (χ0n) is 12.8. The Morgan fingerprint density at radius 3 is 2.73 bits per heavy atom. The Kier molecular flexibility index (Phi) is 3.86. The second-order valence-corrected chi connectivity index (χ2v) is 5.95. The van der Waals surface area contributed by atoms with Gasteiger partial charge in [0.2, 0.25) is 0 Å². The van der Waals surface area contributed by atoms with Crippen LogP contribution in [0.2, 0.25) is 0 Å². The first kappa shape index (κ1) is 14.6. The van der Waals surface area contributed by atoms with Crippen LogP contribution in [0, 0.1) is 5.92 Å². The van der Waals surface area contributed by atoms with Crippen LogP contribution in [-0.4, -0.2) is 28.6 Å². The highest BCUT2D eigenvalue weighted by Crippen LogP contribution is 2.25. The first-order chi connectivity index (χ1) is 10.6. The Morgan fingerprint density at radius 2 is 1.95 bits per heavy atom. The summed E-state index contributed by atoms with van der Waals surface area (Å²) in [7, 11) is 0. The number of benzene rings is 2. The van der Waals surface area contributed by atoms with Crippen molar-refractivity contribution in [2.45, 2.75) is 20.0 Å². The molecule has 1 atom stereocenters. The van der Waals surface area contributed by atoms with Gasteiger partial charge in [0, 0.05) is 17.4 Å². The Bertz CT molecular complexity index is 820. The topological polar surface area (TPSA) is 65.1 Å². The van der Waals surface area contributed by atoms with Crippen molar-refractivity contribution in [2.75, 3.05) is 6.54 Å². The molecule has 3 aromatic rings. The Hall–Kier alpha value is -2.33. The van der Waals surface area contributed by atoms with Crippen LogP contribution in [0.4, 0.5) is 0 Å². The van der Waals surface area contributed by atoms with Gasteiger partial charge in [0.15, 0.2) is 0 Å². The molecular weight excluding hydrogens is 276 g/mol. The molecule has 4 heteroatoms. The van der Waals surface area contributed by atoms with E-state index in [1.807, 2.05) is 44.2 Å². The van der Waals surface area contributed by atoms with Gasteiger partial charge in [-0.1, -0.05) is 44.2 Å². The summed E-state index contributed by atoms with van der Waals surface area (Å²) >= 11 is 0. The molecule has 2 aromatic carbocycles. The average molecular weight is 296 g/mol. The van der Waals surface area contributed by atoms with Gasteiger partial charge >= 0.3 is 0 Å². The zero-order valence-corrected chi connectivity index (χ0v) is 12.8. The van der Waals surface area contributed by atoms with Crippen LogP contribution in [0.15, 0.2) is 42.5 Å². The van der Waals surface area contributed by atoms with Crippen LogP contribution in [0.5, 0.6) is 0 Å². The fourth-order valence-electron chi connectivity index (χ4n) is 2.54. The molecular formula is C18H20N2O2. The van der Waals surface area contributed by atoms with Gasteiger partial charge in [-0.15, -0.1) is 0 Å². The van der Waals surface area contributed by atoms with Crippen molar-refractivity contribution in [3.05, 3.63) is 48.2 Å². The summed E-state index contributed by atoms with van der Waals surface area (Å²) in [5, 5.41) is 15.9. The largest absolute Gasteiger partial charge is 0.391 e. The molecule has 1 aromatic heterocycles. The van der Waals surface area contributed by atoms with Crippen molar-refractivity contribution in [3.63, 3.8) is 0 Å². The van der Waals surface area contributed by atoms with E-state index < -0.39 is 6.10 Å². The van der Waals surface area contributed by atoms with E-state index in [9.17, 15) is 9.90 Å². The minimum Gasteiger partial charge on any atom is -0.391 e. The highest BCUT2D eigenvalue weighted by molar-refractivity contribution is 6.09. The maximum atomic E-state index is 12.2. The maximum Gasteiger partial charge on any atom is 0.267 e. The van der Waals surface area contributed by atoms with Gasteiger partial charge in [-0.05, 0) is 28.8 Å². The number of rotatable bonds is 4. The van der Waals surface area contributed by atoms with E-state index in [4.69, 9.17) is 0 Å². The van der Waals surface area contributed by atoms with Gasteiger partial charge in [-0.3, -0.25) is 4.79 Å². The number of aromatic amines is 1. The van der Waals surface area contributed by atoms with Gasteiger partial charge in [-0.2, -0.15) is 0 Å². The average Bonchev–Trinajstić information content (AvgIpc) is 2.96. The summed E-state index contributed by atoms with van der Waals surface area (Å²) in [6, 6.07) is 14.0. The number of aromatic nitrogens is 1. The number of hydrogen-bond acceptors (Lipinski definition) is 2. The Morgan fingerprint density at radius 1 is 1.18 bits per heavy atom. The molecule has 0 fully saturated rings. The smallest absolute Gasteiger partial charge is 0.267 e. The summed E-state index contributed by atoms with van der Waals surface area (Å²) in [6.45, 7) is 4.10. The van der Waals surface area contributed by atoms with E-state index >= 15 is 0 Å². The quantitative estimate of drug-likeness (QED) is 0.693. The molecule has 0 aliphatic heterocycles. The number of fused-ring (bicyclic) bond motifs is 3. The molecule has 3 rings (SSSR count). The normalized spacial score (nSPS) is 12.9. The first-order valence-corrected chi connectivity index (χ1v) is 7.53. The van der Waals surface area contributed by atoms with Crippen LogP contribution in [0.25, 0.3) is 21.7 Å². The zero-order chi connectivity index (χ0) is 15.7. The second-order valence-electron chi connectivity index (χ2n) is 5.95. The van der Waals surface area contributed by atoms with Crippen molar-refractivity contribution >= 4 is 27.6 Å². The summed E-state index contributed by atoms with van der Waals surface area (Å²) < 4.78 is 0. The van der Waals surface area contributed by atoms with E-state index in [0.717, 1.165) is 21.7 Å². The molecule has 0 radical (unpaired) electrons. The van der Waals surface area contributed by atoms with Crippen LogP contribution in [0.1, 0.15) is 24.3 Å². The highest BCUT2D eigenvalue weighted by atomic mass is 16.3. The molecule has 114 valence electrons. The molecule has 4 nitrogen and oxygen atoms in total. The summed E-state index contributed by atoms with van der Waals surface area (Å²) in [5.41, 5.74) is 1.45. The third-order valence-electron chi connectivity index (χ3n) is 4.01. The first-order valence-electron chi connectivity index (χ1n) is 7.53. The summed E-state index contributed by atoms with van der Waals surface area (Å²) in [5.74, 6) is -0.0769. The monoisotopic (exact) mass is 296 g/mol. The van der Waals surface area contributed by atoms with Crippen molar-refractivity contribution in [1.82, 2.24) is 10.3 Å². The molecule has 1 heterocycles. The van der Waals surface area contributed by atoms with Crippen molar-refractivity contribution in [3.8, 4) is 0 Å². The van der Waals surface area contributed by atoms with E-state index in [-0.39, 0.29) is 18.4 Å². The number of amides is 1. The van der Waals surface area contributed by atoms with E-state index in [2.05, 4.69) is 22.4 Å². The van der Waals surface area contributed by atoms with E-state index in [1.165, 1.54) is 0 Å². The number of hydrogen-bond donors (Lipinski definition) is 3. The third-order valence-corrected chi connectivity index (χ3v) is 4.01. The minimum absolute atomic E-state index is 0.118. The van der Waals surface area contributed by atoms with Gasteiger partial charge in [0.25, 0.3) is 5.91 Å². The lowest BCUT2D eigenvalue weighted by atomic mass is 10.1. The molecule has 22 heavy (non-hydrogen) atoms. The number of carbonyl (C=O) groups is 1. The molecule has 0 bridgehead atoms. The fraction of sp³-hybridized carbons (Fsp3) is 0.278. The van der Waals surface area contributed by atoms with Crippen molar-refractivity contribution in [2.24, 2.45) is 5.92 Å². The molecule has 0 aliphatic rings. The lowest BCUT2D eigenvalue weighted by molar-refractivity contribution is 0.0868. The third kappa shape index (κ3) is 2.70. The molecule has 0 saturated carbocycles. The number of aliphatic hydroxyl groups excluding tert-OH is 1. The molecule has 0 spiro atoms. The van der Waals surface area contributed by atoms with Gasteiger partial charge in [0.05, 0.1) is 6.10 Å². The molecule has 1 amide bonds. The standard InChI is InChI=1S/C18H20N2O2/c1-11(2)17(21)10-19-18(22)16-9-14-13-6-4-3-5-12(13)7-8-15(14)20-16/h3-9,11,17,20-21H,10H2,1-2H3,(H,19,22). The van der Waals surface area contributed by atoms with Crippen LogP contribution < -0.4 is 5.32 Å². The van der Waals surface area contributed by atoms with E-state index in [1.54, 1.807) is 0 Å². The van der Waals surface area contributed by atoms with Gasteiger partial charge < -0.3 is 15.4 Å². The van der Waals surface area contributed by atoms with Crippen molar-refractivity contribution in [1.29, 1.82) is 0 Å². The van der Waals surface area contributed by atoms with Crippen molar-refractivity contribution < 1.29 is 9.90 Å². The second kappa shape index (κ2) is 5.81. The lowest BCUT2D eigenvalue weighted by Crippen LogP contribution is -2.34. The lowest BCUT2D eigenvalue weighted by Gasteiger charge is -2.14. The predicted octanol–water partition coefficient (Wildman–Crippen LogP) is 3.07. The predicted molar refractivity (Wildman–Crippen MR) is 89.0 cm³/mol. The molecule has 0 aliphatic carbocycles. The van der Waals surface area contributed by atoms with Crippen LogP contribution in [-0.2, 0) is 0 Å². The molecule has 1 unspecified atom stereocenters. The summed E-state index contributed by atoms with van der Waals surface area (Å²) in [4.78, 5) is 15.4. The number of nitrogens with one attached hydrogen (secondary N) is 2. The Labute approximate surface area is 129 Å². The maximum absolute atomic E-state index is 12.2. The van der Waals surface area contributed by atoms with Crippen LogP contribution >= 0.6 is 0 Å². The molecule has 0 saturated heterocycles. The number of H-pyrrole nitrogens is 1. The van der Waals surface area contributed by atoms with Gasteiger partial charge in [0.1, 0.15) is 5.69 Å². The fourth-order valence-corrected chi connectivity index (χ4v) is 2.54. The number of carbonyl (C=O) groups excluding carboxylic acids is 1. The minimum atomic E-state index is -0.533. The number of aliphatic hydroxyl groups is 1. The molecule has 3 N–H and O–H groups in total. The Balaban J connectivity index is 1.88. The van der Waals surface area contributed by atoms with E-state index in [0.29, 0.717) is 5.69 Å².